The van der Waals surface area contributed by atoms with E-state index in [4.69, 9.17) is 11.6 Å². The van der Waals surface area contributed by atoms with Crippen LogP contribution in [0.15, 0.2) is 47.4 Å². The first kappa shape index (κ1) is 20.6. The molecule has 9 heteroatoms. The highest BCUT2D eigenvalue weighted by molar-refractivity contribution is 7.90. The first-order valence-corrected chi connectivity index (χ1v) is 10.4. The first-order valence-electron chi connectivity index (χ1n) is 8.42. The lowest BCUT2D eigenvalue weighted by Gasteiger charge is -2.22. The van der Waals surface area contributed by atoms with E-state index in [9.17, 15) is 23.6 Å². The second-order valence-electron chi connectivity index (χ2n) is 6.48. The minimum atomic E-state index is -2.22. The topological polar surface area (TPSA) is 92.7 Å². The Morgan fingerprint density at radius 1 is 1.39 bits per heavy atom. The summed E-state index contributed by atoms with van der Waals surface area (Å²) in [4.78, 5) is 27.0. The van der Waals surface area contributed by atoms with Crippen molar-refractivity contribution in [3.63, 3.8) is 0 Å². The van der Waals surface area contributed by atoms with Crippen molar-refractivity contribution >= 4 is 40.3 Å². The van der Waals surface area contributed by atoms with Crippen LogP contribution in [0.3, 0.4) is 0 Å². The number of amides is 2. The molecule has 1 aliphatic rings. The van der Waals surface area contributed by atoms with Gasteiger partial charge in [0.15, 0.2) is 4.90 Å². The van der Waals surface area contributed by atoms with Crippen LogP contribution in [0.5, 0.6) is 0 Å². The third-order valence-electron chi connectivity index (χ3n) is 4.51. The smallest absolute Gasteiger partial charge is 0.268 e. The second kappa shape index (κ2) is 8.08. The largest absolute Gasteiger partial charge is 0.612 e. The van der Waals surface area contributed by atoms with Gasteiger partial charge in [0.2, 0.25) is 5.60 Å². The molecule has 148 valence electrons. The molecule has 1 unspecified atom stereocenters. The van der Waals surface area contributed by atoms with Gasteiger partial charge in [0, 0.05) is 36.3 Å². The molecule has 0 radical (unpaired) electrons. The van der Waals surface area contributed by atoms with Crippen LogP contribution in [0.4, 0.5) is 10.1 Å². The maximum atomic E-state index is 13.4. The lowest BCUT2D eigenvalue weighted by Crippen LogP contribution is -2.52. The Kier molecular flexibility index (Phi) is 5.95. The number of carbonyl (C=O) groups excluding carboxylic acids is 2. The van der Waals surface area contributed by atoms with E-state index in [0.717, 1.165) is 6.07 Å². The minimum absolute atomic E-state index is 0.0871. The van der Waals surface area contributed by atoms with Crippen molar-refractivity contribution in [2.24, 2.45) is 0 Å². The van der Waals surface area contributed by atoms with E-state index in [1.54, 1.807) is 24.3 Å². The first-order chi connectivity index (χ1) is 13.2. The predicted molar refractivity (Wildman–Crippen MR) is 104 cm³/mol. The SMILES string of the molecule is C[S+]([O-])c1cccc(N2CC[C@](O)(C(=O)NCc3cc(F)cc(Cl)c3)C2=O)c1. The molecule has 28 heavy (non-hydrogen) atoms. The van der Waals surface area contributed by atoms with Gasteiger partial charge in [-0.25, -0.2) is 4.39 Å². The molecular formula is C19H18ClFN2O4S. The number of halogens is 2. The molecule has 3 rings (SSSR count). The van der Waals surface area contributed by atoms with Gasteiger partial charge >= 0.3 is 0 Å². The molecule has 6 nitrogen and oxygen atoms in total. The van der Waals surface area contributed by atoms with Gasteiger partial charge in [-0.05, 0) is 47.1 Å². The molecule has 1 heterocycles. The average Bonchev–Trinajstić information content (AvgIpc) is 2.95. The number of rotatable bonds is 5. The maximum Gasteiger partial charge on any atom is 0.268 e. The van der Waals surface area contributed by atoms with Crippen molar-refractivity contribution in [2.75, 3.05) is 17.7 Å². The molecule has 0 spiro atoms. The van der Waals surface area contributed by atoms with Crippen LogP contribution in [-0.2, 0) is 27.3 Å². The van der Waals surface area contributed by atoms with Crippen molar-refractivity contribution < 1.29 is 23.6 Å². The molecule has 0 aliphatic carbocycles. The van der Waals surface area contributed by atoms with Crippen molar-refractivity contribution in [2.45, 2.75) is 23.5 Å². The van der Waals surface area contributed by atoms with Gasteiger partial charge in [-0.3, -0.25) is 9.59 Å². The Balaban J connectivity index is 1.72. The van der Waals surface area contributed by atoms with Crippen molar-refractivity contribution in [3.8, 4) is 0 Å². The van der Waals surface area contributed by atoms with E-state index in [-0.39, 0.29) is 24.5 Å². The van der Waals surface area contributed by atoms with E-state index in [1.807, 2.05) is 0 Å². The Morgan fingerprint density at radius 3 is 2.82 bits per heavy atom. The molecule has 0 bridgehead atoms. The van der Waals surface area contributed by atoms with Crippen LogP contribution in [0.2, 0.25) is 5.02 Å². The van der Waals surface area contributed by atoms with Gasteiger partial charge in [-0.15, -0.1) is 0 Å². The van der Waals surface area contributed by atoms with Gasteiger partial charge in [-0.1, -0.05) is 17.7 Å². The van der Waals surface area contributed by atoms with Crippen molar-refractivity contribution in [3.05, 3.63) is 58.9 Å². The predicted octanol–water partition coefficient (Wildman–Crippen LogP) is 2.00. The van der Waals surface area contributed by atoms with Crippen LogP contribution in [-0.4, -0.2) is 39.9 Å². The number of hydrogen-bond donors (Lipinski definition) is 2. The van der Waals surface area contributed by atoms with Gasteiger partial charge < -0.3 is 19.9 Å². The summed E-state index contributed by atoms with van der Waals surface area (Å²) in [5.74, 6) is -2.18. The molecule has 1 saturated heterocycles. The minimum Gasteiger partial charge on any atom is -0.612 e. The third kappa shape index (κ3) is 4.15. The average molecular weight is 425 g/mol. The van der Waals surface area contributed by atoms with Crippen LogP contribution in [0.25, 0.3) is 0 Å². The summed E-state index contributed by atoms with van der Waals surface area (Å²) in [7, 11) is 0. The fraction of sp³-hybridized carbons (Fsp3) is 0.263. The van der Waals surface area contributed by atoms with Gasteiger partial charge in [0.1, 0.15) is 12.1 Å². The Bertz CT molecular complexity index is 906. The molecule has 2 amide bonds. The molecule has 2 aromatic rings. The van der Waals surface area contributed by atoms with Crippen molar-refractivity contribution in [1.29, 1.82) is 0 Å². The highest BCUT2D eigenvalue weighted by atomic mass is 35.5. The fourth-order valence-electron chi connectivity index (χ4n) is 3.03. The monoisotopic (exact) mass is 424 g/mol. The zero-order chi connectivity index (χ0) is 20.5. The molecular weight excluding hydrogens is 407 g/mol. The Hall–Kier alpha value is -2.13. The number of benzene rings is 2. The van der Waals surface area contributed by atoms with Crippen LogP contribution < -0.4 is 10.2 Å². The number of aliphatic hydroxyl groups is 1. The van der Waals surface area contributed by atoms with Crippen LogP contribution >= 0.6 is 11.6 Å². The lowest BCUT2D eigenvalue weighted by molar-refractivity contribution is -0.149. The summed E-state index contributed by atoms with van der Waals surface area (Å²) < 4.78 is 25.0. The summed E-state index contributed by atoms with van der Waals surface area (Å²) >= 11 is 4.55. The van der Waals surface area contributed by atoms with E-state index in [0.29, 0.717) is 16.1 Å². The molecule has 2 atom stereocenters. The lowest BCUT2D eigenvalue weighted by atomic mass is 10.0. The number of nitrogens with one attached hydrogen (secondary N) is 1. The zero-order valence-corrected chi connectivity index (χ0v) is 16.5. The third-order valence-corrected chi connectivity index (χ3v) is 5.64. The zero-order valence-electron chi connectivity index (χ0n) is 14.9. The highest BCUT2D eigenvalue weighted by Crippen LogP contribution is 2.30. The summed E-state index contributed by atoms with van der Waals surface area (Å²) in [6, 6.07) is 10.4. The number of anilines is 1. The molecule has 2 aromatic carbocycles. The van der Waals surface area contributed by atoms with E-state index >= 15 is 0 Å². The summed E-state index contributed by atoms with van der Waals surface area (Å²) in [5, 5.41) is 13.3. The van der Waals surface area contributed by atoms with Crippen molar-refractivity contribution in [1.82, 2.24) is 5.32 Å². The van der Waals surface area contributed by atoms with Crippen LogP contribution in [0.1, 0.15) is 12.0 Å². The van der Waals surface area contributed by atoms with E-state index in [2.05, 4.69) is 5.32 Å². The normalized spacial score (nSPS) is 20.3. The van der Waals surface area contributed by atoms with Gasteiger partial charge in [-0.2, -0.15) is 0 Å². The molecule has 1 aliphatic heterocycles. The summed E-state index contributed by atoms with van der Waals surface area (Å²) in [6.07, 6.45) is 1.42. The molecule has 2 N–H and O–H groups in total. The summed E-state index contributed by atoms with van der Waals surface area (Å²) in [6.45, 7) is 0.0462. The molecule has 1 fully saturated rings. The quantitative estimate of drug-likeness (QED) is 0.567. The maximum absolute atomic E-state index is 13.4. The molecule has 0 aromatic heterocycles. The summed E-state index contributed by atoms with van der Waals surface area (Å²) in [5.41, 5.74) is -1.36. The fourth-order valence-corrected chi connectivity index (χ4v) is 3.84. The second-order valence-corrected chi connectivity index (χ2v) is 8.30. The number of hydrogen-bond acceptors (Lipinski definition) is 4. The molecule has 0 saturated carbocycles. The van der Waals surface area contributed by atoms with E-state index < -0.39 is 34.4 Å². The number of nitrogens with zero attached hydrogens (tertiary/aromatic N) is 1. The van der Waals surface area contributed by atoms with Crippen LogP contribution in [0, 0.1) is 5.82 Å². The van der Waals surface area contributed by atoms with E-state index in [1.165, 1.54) is 23.3 Å². The van der Waals surface area contributed by atoms with Gasteiger partial charge in [0.25, 0.3) is 11.8 Å². The highest BCUT2D eigenvalue weighted by Gasteiger charge is 2.51. The Morgan fingerprint density at radius 2 is 2.14 bits per heavy atom. The Labute approximate surface area is 169 Å². The standard InChI is InChI=1S/C19H18ClFN2O4S/c1-28(27)16-4-2-3-15(10-16)23-6-5-19(26,18(23)25)17(24)22-11-12-7-13(20)9-14(21)8-12/h2-4,7-10,26H,5-6,11H2,1H3,(H,22,24)/t19-,28?/m0/s1. The number of carbonyl (C=O) groups is 2. The van der Waals surface area contributed by atoms with Gasteiger partial charge in [0.05, 0.1) is 0 Å².